The molecule has 0 fully saturated rings. The molecule has 1 heteroatoms. The second-order valence-electron chi connectivity index (χ2n) is 2.98. The molecule has 0 heterocycles. The van der Waals surface area contributed by atoms with Crippen LogP contribution < -0.4 is 5.32 Å². The van der Waals surface area contributed by atoms with E-state index < -0.39 is 0 Å². The number of hydrogen-bond acceptors (Lipinski definition) is 1. The van der Waals surface area contributed by atoms with Gasteiger partial charge in [-0.3, -0.25) is 0 Å². The van der Waals surface area contributed by atoms with E-state index in [0.29, 0.717) is 0 Å². The zero-order valence-electron chi connectivity index (χ0n) is 7.35. The van der Waals surface area contributed by atoms with E-state index in [1.807, 2.05) is 0 Å². The van der Waals surface area contributed by atoms with Gasteiger partial charge in [-0.2, -0.15) is 0 Å². The first kappa shape index (κ1) is 9.54. The second-order valence-corrected chi connectivity index (χ2v) is 2.98. The first-order valence-electron chi connectivity index (χ1n) is 4.06. The Bertz CT molecular complexity index is 88.7. The lowest BCUT2D eigenvalue weighted by Crippen LogP contribution is -2.20. The van der Waals surface area contributed by atoms with Gasteiger partial charge in [0.25, 0.3) is 0 Å². The van der Waals surface area contributed by atoms with Gasteiger partial charge in [0, 0.05) is 6.54 Å². The molecule has 60 valence electrons. The molecule has 0 aliphatic rings. The number of nitrogens with one attached hydrogen (secondary N) is 1. The molecule has 10 heavy (non-hydrogen) atoms. The summed E-state index contributed by atoms with van der Waals surface area (Å²) in [6, 6.07) is 0. The number of rotatable bonds is 5. The highest BCUT2D eigenvalue weighted by Gasteiger charge is 2.07. The van der Waals surface area contributed by atoms with E-state index in [-0.39, 0.29) is 0 Å². The predicted molar refractivity (Wildman–Crippen MR) is 46.8 cm³/mol. The molecule has 0 aromatic carbocycles. The molecule has 0 spiro atoms. The Labute approximate surface area is 64.5 Å². The average molecular weight is 141 g/mol. The minimum atomic E-state index is 0.753. The molecule has 0 rings (SSSR count). The summed E-state index contributed by atoms with van der Waals surface area (Å²) in [4.78, 5) is 0. The van der Waals surface area contributed by atoms with Crippen LogP contribution >= 0.6 is 0 Å². The van der Waals surface area contributed by atoms with Crippen LogP contribution in [0, 0.1) is 11.8 Å². The van der Waals surface area contributed by atoms with E-state index in [1.165, 1.54) is 6.42 Å². The van der Waals surface area contributed by atoms with Crippen LogP contribution in [0.25, 0.3) is 0 Å². The maximum absolute atomic E-state index is 3.61. The van der Waals surface area contributed by atoms with Crippen molar-refractivity contribution in [3.63, 3.8) is 0 Å². The molecule has 0 radical (unpaired) electrons. The summed E-state index contributed by atoms with van der Waals surface area (Å²) >= 11 is 0. The Morgan fingerprint density at radius 2 is 2.00 bits per heavy atom. The van der Waals surface area contributed by atoms with Crippen LogP contribution in [0.15, 0.2) is 12.8 Å². The van der Waals surface area contributed by atoms with Crippen molar-refractivity contribution in [2.75, 3.05) is 6.54 Å². The topological polar surface area (TPSA) is 12.0 Å². The highest BCUT2D eigenvalue weighted by Crippen LogP contribution is 2.12. The molecule has 2 atom stereocenters. The van der Waals surface area contributed by atoms with Gasteiger partial charge in [-0.05, 0) is 18.0 Å². The van der Waals surface area contributed by atoms with Crippen LogP contribution in [0.1, 0.15) is 27.2 Å². The SMILES string of the molecule is C=CNCC(C)[C@@H](C)CC. The summed E-state index contributed by atoms with van der Waals surface area (Å²) in [5.41, 5.74) is 0. The third-order valence-corrected chi connectivity index (χ3v) is 2.20. The van der Waals surface area contributed by atoms with E-state index >= 15 is 0 Å². The van der Waals surface area contributed by atoms with E-state index in [9.17, 15) is 0 Å². The first-order valence-corrected chi connectivity index (χ1v) is 4.06. The van der Waals surface area contributed by atoms with Crippen molar-refractivity contribution < 1.29 is 0 Å². The van der Waals surface area contributed by atoms with Crippen molar-refractivity contribution in [1.82, 2.24) is 5.32 Å². The third-order valence-electron chi connectivity index (χ3n) is 2.20. The molecule has 1 unspecified atom stereocenters. The standard InChI is InChI=1S/C9H19N/c1-5-8(3)9(4)7-10-6-2/h6,8-10H,2,5,7H2,1,3-4H3/t8-,9?/m0/s1. The summed E-state index contributed by atoms with van der Waals surface area (Å²) in [5, 5.41) is 3.13. The van der Waals surface area contributed by atoms with E-state index in [1.54, 1.807) is 6.20 Å². The lowest BCUT2D eigenvalue weighted by atomic mass is 9.94. The first-order chi connectivity index (χ1) is 4.72. The fourth-order valence-corrected chi connectivity index (χ4v) is 0.873. The minimum Gasteiger partial charge on any atom is -0.391 e. The van der Waals surface area contributed by atoms with Crippen molar-refractivity contribution in [2.24, 2.45) is 11.8 Å². The fourth-order valence-electron chi connectivity index (χ4n) is 0.873. The van der Waals surface area contributed by atoms with Crippen LogP contribution in [0.4, 0.5) is 0 Å². The normalized spacial score (nSPS) is 15.9. The van der Waals surface area contributed by atoms with Gasteiger partial charge in [0.05, 0.1) is 0 Å². The quantitative estimate of drug-likeness (QED) is 0.620. The van der Waals surface area contributed by atoms with Gasteiger partial charge in [0.15, 0.2) is 0 Å². The van der Waals surface area contributed by atoms with Crippen LogP contribution in [0.3, 0.4) is 0 Å². The highest BCUT2D eigenvalue weighted by molar-refractivity contribution is 4.68. The largest absolute Gasteiger partial charge is 0.391 e. The zero-order valence-corrected chi connectivity index (χ0v) is 7.35. The van der Waals surface area contributed by atoms with E-state index in [2.05, 4.69) is 32.7 Å². The summed E-state index contributed by atoms with van der Waals surface area (Å²) in [6.07, 6.45) is 3.03. The van der Waals surface area contributed by atoms with Crippen molar-refractivity contribution in [3.8, 4) is 0 Å². The minimum absolute atomic E-state index is 0.753. The van der Waals surface area contributed by atoms with Crippen LogP contribution in [-0.4, -0.2) is 6.54 Å². The Balaban J connectivity index is 3.40. The molecule has 0 aromatic heterocycles. The Hall–Kier alpha value is -0.460. The van der Waals surface area contributed by atoms with Gasteiger partial charge in [-0.1, -0.05) is 33.8 Å². The number of hydrogen-bond donors (Lipinski definition) is 1. The summed E-state index contributed by atoms with van der Waals surface area (Å²) in [7, 11) is 0. The average Bonchev–Trinajstić information content (AvgIpc) is 1.98. The lowest BCUT2D eigenvalue weighted by molar-refractivity contribution is 0.371. The Morgan fingerprint density at radius 1 is 1.40 bits per heavy atom. The maximum Gasteiger partial charge on any atom is 0.0169 e. The van der Waals surface area contributed by atoms with Crippen LogP contribution in [0.5, 0.6) is 0 Å². The van der Waals surface area contributed by atoms with Crippen molar-refractivity contribution in [3.05, 3.63) is 12.8 Å². The van der Waals surface area contributed by atoms with Crippen molar-refractivity contribution in [2.45, 2.75) is 27.2 Å². The molecule has 0 amide bonds. The molecular weight excluding hydrogens is 122 g/mol. The Morgan fingerprint density at radius 3 is 2.40 bits per heavy atom. The van der Waals surface area contributed by atoms with Crippen LogP contribution in [0.2, 0.25) is 0 Å². The zero-order chi connectivity index (χ0) is 7.98. The third kappa shape index (κ3) is 3.54. The smallest absolute Gasteiger partial charge is 0.0169 e. The summed E-state index contributed by atoms with van der Waals surface area (Å²) < 4.78 is 0. The molecule has 0 aliphatic carbocycles. The highest BCUT2D eigenvalue weighted by atomic mass is 14.8. The Kier molecular flexibility index (Phi) is 5.09. The molecule has 0 bridgehead atoms. The predicted octanol–water partition coefficient (Wildman–Crippen LogP) is 2.40. The summed E-state index contributed by atoms with van der Waals surface area (Å²) in [6.45, 7) is 11.4. The molecular formula is C9H19N. The molecule has 0 saturated carbocycles. The van der Waals surface area contributed by atoms with Gasteiger partial charge in [-0.25, -0.2) is 0 Å². The maximum atomic E-state index is 3.61. The molecule has 0 saturated heterocycles. The molecule has 1 nitrogen and oxygen atoms in total. The van der Waals surface area contributed by atoms with Crippen LogP contribution in [-0.2, 0) is 0 Å². The molecule has 0 aromatic rings. The van der Waals surface area contributed by atoms with Crippen molar-refractivity contribution >= 4 is 0 Å². The summed E-state index contributed by atoms with van der Waals surface area (Å²) in [5.74, 6) is 1.57. The van der Waals surface area contributed by atoms with E-state index in [0.717, 1.165) is 18.4 Å². The lowest BCUT2D eigenvalue weighted by Gasteiger charge is -2.17. The van der Waals surface area contributed by atoms with E-state index in [4.69, 9.17) is 0 Å². The van der Waals surface area contributed by atoms with Gasteiger partial charge >= 0.3 is 0 Å². The fraction of sp³-hybridized carbons (Fsp3) is 0.778. The van der Waals surface area contributed by atoms with Gasteiger partial charge in [-0.15, -0.1) is 0 Å². The van der Waals surface area contributed by atoms with Gasteiger partial charge in [0.1, 0.15) is 0 Å². The molecule has 0 aliphatic heterocycles. The molecule has 1 N–H and O–H groups in total. The van der Waals surface area contributed by atoms with Gasteiger partial charge in [0.2, 0.25) is 0 Å². The van der Waals surface area contributed by atoms with Gasteiger partial charge < -0.3 is 5.32 Å². The second kappa shape index (κ2) is 5.33. The monoisotopic (exact) mass is 141 g/mol. The van der Waals surface area contributed by atoms with Crippen molar-refractivity contribution in [1.29, 1.82) is 0 Å².